The number of carboxylic acids is 1. The largest absolute Gasteiger partial charge is 0.481 e. The fourth-order valence-electron chi connectivity index (χ4n) is 3.20. The minimum absolute atomic E-state index is 0.334. The van der Waals surface area contributed by atoms with E-state index >= 15 is 0 Å². The highest BCUT2D eigenvalue weighted by Crippen LogP contribution is 2.39. The van der Waals surface area contributed by atoms with E-state index in [0.29, 0.717) is 0 Å². The second-order valence-corrected chi connectivity index (χ2v) is 5.22. The van der Waals surface area contributed by atoms with Crippen LogP contribution in [0.4, 0.5) is 0 Å². The van der Waals surface area contributed by atoms with Crippen LogP contribution < -0.4 is 0 Å². The maximum atomic E-state index is 11.4. The van der Waals surface area contributed by atoms with Gasteiger partial charge in [0.15, 0.2) is 0 Å². The lowest BCUT2D eigenvalue weighted by Crippen LogP contribution is -2.18. The minimum atomic E-state index is -0.690. The van der Waals surface area contributed by atoms with Gasteiger partial charge in [-0.15, -0.1) is 0 Å². The van der Waals surface area contributed by atoms with E-state index in [1.54, 1.807) is 0 Å². The maximum Gasteiger partial charge on any atom is 0.311 e. The van der Waals surface area contributed by atoms with E-state index in [1.807, 2.05) is 7.05 Å². The molecule has 1 aromatic carbocycles. The van der Waals surface area contributed by atoms with Gasteiger partial charge in [0.2, 0.25) is 0 Å². The zero-order valence-corrected chi connectivity index (χ0v) is 10.7. The van der Waals surface area contributed by atoms with Crippen LogP contribution in [0.1, 0.15) is 35.6 Å². The van der Waals surface area contributed by atoms with Crippen LogP contribution in [-0.4, -0.2) is 15.6 Å². The summed E-state index contributed by atoms with van der Waals surface area (Å²) < 4.78 is 2.17. The molecule has 1 unspecified atom stereocenters. The summed E-state index contributed by atoms with van der Waals surface area (Å²) in [7, 11) is 2.04. The fourth-order valence-corrected chi connectivity index (χ4v) is 3.20. The van der Waals surface area contributed by atoms with E-state index < -0.39 is 5.97 Å². The van der Waals surface area contributed by atoms with Gasteiger partial charge in [0.1, 0.15) is 0 Å². The van der Waals surface area contributed by atoms with Gasteiger partial charge in [-0.3, -0.25) is 4.79 Å². The van der Waals surface area contributed by atoms with Crippen molar-refractivity contribution < 1.29 is 9.90 Å². The van der Waals surface area contributed by atoms with Crippen molar-refractivity contribution >= 4 is 16.9 Å². The summed E-state index contributed by atoms with van der Waals surface area (Å²) in [6.45, 7) is 2.05. The molecule has 0 radical (unpaired) electrons. The zero-order chi connectivity index (χ0) is 12.9. The summed E-state index contributed by atoms with van der Waals surface area (Å²) in [5.74, 6) is -1.02. The Morgan fingerprint density at radius 3 is 2.94 bits per heavy atom. The molecule has 1 aliphatic carbocycles. The predicted octanol–water partition coefficient (Wildman–Crippen LogP) is 2.99. The summed E-state index contributed by atoms with van der Waals surface area (Å²) in [5.41, 5.74) is 4.59. The Morgan fingerprint density at radius 2 is 2.22 bits per heavy atom. The van der Waals surface area contributed by atoms with Crippen molar-refractivity contribution in [1.82, 2.24) is 4.57 Å². The number of hydrogen-bond acceptors (Lipinski definition) is 1. The van der Waals surface area contributed by atoms with Crippen molar-refractivity contribution in [3.8, 4) is 0 Å². The van der Waals surface area contributed by atoms with Gasteiger partial charge in [-0.2, -0.15) is 0 Å². The van der Waals surface area contributed by atoms with Crippen LogP contribution in [-0.2, 0) is 18.3 Å². The van der Waals surface area contributed by atoms with Crippen LogP contribution in [0, 0.1) is 6.92 Å². The van der Waals surface area contributed by atoms with E-state index in [1.165, 1.54) is 11.3 Å². The van der Waals surface area contributed by atoms with Crippen LogP contribution in [0.3, 0.4) is 0 Å². The lowest BCUT2D eigenvalue weighted by Gasteiger charge is -2.20. The number of aliphatic carboxylic acids is 1. The SMILES string of the molecule is Cc1ccc2c(c1)c1c(n2C)CCCC1C(=O)O. The first kappa shape index (κ1) is 11.3. The third kappa shape index (κ3) is 1.47. The van der Waals surface area contributed by atoms with Crippen molar-refractivity contribution in [2.24, 2.45) is 7.05 Å². The summed E-state index contributed by atoms with van der Waals surface area (Å²) in [6, 6.07) is 6.31. The molecule has 1 atom stereocenters. The molecule has 3 nitrogen and oxygen atoms in total. The molecule has 2 aromatic rings. The van der Waals surface area contributed by atoms with E-state index in [0.717, 1.165) is 35.7 Å². The molecular formula is C15H17NO2. The normalized spacial score (nSPS) is 18.9. The van der Waals surface area contributed by atoms with Crippen molar-refractivity contribution in [2.45, 2.75) is 32.1 Å². The van der Waals surface area contributed by atoms with E-state index in [2.05, 4.69) is 29.7 Å². The van der Waals surface area contributed by atoms with E-state index in [-0.39, 0.29) is 5.92 Å². The number of nitrogens with zero attached hydrogens (tertiary/aromatic N) is 1. The summed E-state index contributed by atoms with van der Waals surface area (Å²) in [5, 5.41) is 10.5. The van der Waals surface area contributed by atoms with Crippen molar-refractivity contribution in [1.29, 1.82) is 0 Å². The highest BCUT2D eigenvalue weighted by Gasteiger charge is 2.30. The molecule has 1 N–H and O–H groups in total. The van der Waals surface area contributed by atoms with Crippen molar-refractivity contribution in [3.05, 3.63) is 35.0 Å². The summed E-state index contributed by atoms with van der Waals surface area (Å²) in [4.78, 5) is 11.4. The lowest BCUT2D eigenvalue weighted by atomic mass is 9.85. The van der Waals surface area contributed by atoms with E-state index in [4.69, 9.17) is 0 Å². The first-order chi connectivity index (χ1) is 8.59. The monoisotopic (exact) mass is 243 g/mol. The molecule has 0 aliphatic heterocycles. The number of carboxylic acid groups (broad SMARTS) is 1. The van der Waals surface area contributed by atoms with Gasteiger partial charge in [-0.1, -0.05) is 11.6 Å². The third-order valence-electron chi connectivity index (χ3n) is 4.07. The maximum absolute atomic E-state index is 11.4. The Balaban J connectivity index is 2.36. The van der Waals surface area contributed by atoms with Crippen molar-refractivity contribution in [2.75, 3.05) is 0 Å². The molecular weight excluding hydrogens is 226 g/mol. The Hall–Kier alpha value is -1.77. The Kier molecular flexibility index (Phi) is 2.44. The lowest BCUT2D eigenvalue weighted by molar-refractivity contribution is -0.139. The number of benzene rings is 1. The fraction of sp³-hybridized carbons (Fsp3) is 0.400. The second-order valence-electron chi connectivity index (χ2n) is 5.22. The molecule has 0 saturated carbocycles. The van der Waals surface area contributed by atoms with Gasteiger partial charge in [0.05, 0.1) is 5.92 Å². The number of fused-ring (bicyclic) bond motifs is 3. The molecule has 1 aliphatic rings. The molecule has 0 spiro atoms. The number of aromatic nitrogens is 1. The number of aryl methyl sites for hydroxylation is 2. The van der Waals surface area contributed by atoms with Gasteiger partial charge < -0.3 is 9.67 Å². The van der Waals surface area contributed by atoms with Gasteiger partial charge in [0, 0.05) is 23.6 Å². The van der Waals surface area contributed by atoms with Crippen LogP contribution in [0.5, 0.6) is 0 Å². The molecule has 1 heterocycles. The number of rotatable bonds is 1. The van der Waals surface area contributed by atoms with Crippen LogP contribution in [0.25, 0.3) is 10.9 Å². The average Bonchev–Trinajstić information content (AvgIpc) is 2.63. The molecule has 0 fully saturated rings. The number of carbonyl (C=O) groups is 1. The molecule has 0 amide bonds. The Bertz CT molecular complexity index is 639. The van der Waals surface area contributed by atoms with Gasteiger partial charge >= 0.3 is 5.97 Å². The second kappa shape index (κ2) is 3.87. The van der Waals surface area contributed by atoms with Crippen LogP contribution in [0.15, 0.2) is 18.2 Å². The average molecular weight is 243 g/mol. The molecule has 3 rings (SSSR count). The van der Waals surface area contributed by atoms with Gasteiger partial charge in [0.25, 0.3) is 0 Å². The van der Waals surface area contributed by atoms with Crippen molar-refractivity contribution in [3.63, 3.8) is 0 Å². The Labute approximate surface area is 106 Å². The first-order valence-electron chi connectivity index (χ1n) is 6.40. The van der Waals surface area contributed by atoms with Gasteiger partial charge in [-0.05, 0) is 43.9 Å². The standard InChI is InChI=1S/C15H17NO2/c1-9-6-7-12-11(8-9)14-10(15(17)18)4-3-5-13(14)16(12)2/h6-8,10H,3-5H2,1-2H3,(H,17,18). The molecule has 94 valence electrons. The highest BCUT2D eigenvalue weighted by atomic mass is 16.4. The number of hydrogen-bond donors (Lipinski definition) is 1. The molecule has 0 bridgehead atoms. The first-order valence-corrected chi connectivity index (χ1v) is 6.40. The molecule has 0 saturated heterocycles. The molecule has 1 aromatic heterocycles. The van der Waals surface area contributed by atoms with Crippen LogP contribution in [0.2, 0.25) is 0 Å². The van der Waals surface area contributed by atoms with Crippen LogP contribution >= 0.6 is 0 Å². The zero-order valence-electron chi connectivity index (χ0n) is 10.7. The van der Waals surface area contributed by atoms with E-state index in [9.17, 15) is 9.90 Å². The summed E-state index contributed by atoms with van der Waals surface area (Å²) >= 11 is 0. The van der Waals surface area contributed by atoms with Gasteiger partial charge in [-0.25, -0.2) is 0 Å². The topological polar surface area (TPSA) is 42.2 Å². The minimum Gasteiger partial charge on any atom is -0.481 e. The highest BCUT2D eigenvalue weighted by molar-refractivity contribution is 5.92. The smallest absolute Gasteiger partial charge is 0.311 e. The Morgan fingerprint density at radius 1 is 1.44 bits per heavy atom. The summed E-state index contributed by atoms with van der Waals surface area (Å²) in [6.07, 6.45) is 2.71. The third-order valence-corrected chi connectivity index (χ3v) is 4.07. The molecule has 18 heavy (non-hydrogen) atoms. The quantitative estimate of drug-likeness (QED) is 0.836. The molecule has 3 heteroatoms. The predicted molar refractivity (Wildman–Crippen MR) is 71.0 cm³/mol.